The van der Waals surface area contributed by atoms with Gasteiger partial charge in [-0.2, -0.15) is 5.26 Å². The van der Waals surface area contributed by atoms with Crippen LogP contribution < -0.4 is 0 Å². The third-order valence-corrected chi connectivity index (χ3v) is 4.75. The predicted octanol–water partition coefficient (Wildman–Crippen LogP) is 4.25. The Hall–Kier alpha value is -2.60. The minimum Gasteiger partial charge on any atom is -0.302 e. The molecule has 2 heterocycles. The van der Waals surface area contributed by atoms with Crippen LogP contribution in [-0.2, 0) is 19.3 Å². The lowest BCUT2D eigenvalue weighted by Crippen LogP contribution is -2.02. The van der Waals surface area contributed by atoms with Crippen molar-refractivity contribution in [1.82, 2.24) is 9.38 Å². The highest BCUT2D eigenvalue weighted by Crippen LogP contribution is 2.30. The first-order valence-electron chi connectivity index (χ1n) is 8.23. The van der Waals surface area contributed by atoms with Gasteiger partial charge in [-0.1, -0.05) is 12.1 Å². The van der Waals surface area contributed by atoms with Gasteiger partial charge in [0.1, 0.15) is 5.65 Å². The van der Waals surface area contributed by atoms with Crippen molar-refractivity contribution in [2.45, 2.75) is 39.0 Å². The topological polar surface area (TPSA) is 41.1 Å². The third kappa shape index (κ3) is 2.41. The molecule has 1 aromatic carbocycles. The summed E-state index contributed by atoms with van der Waals surface area (Å²) in [6, 6.07) is 13.1. The van der Waals surface area contributed by atoms with Crippen LogP contribution in [-0.4, -0.2) is 9.38 Å². The van der Waals surface area contributed by atoms with Gasteiger partial charge in [0.15, 0.2) is 0 Å². The van der Waals surface area contributed by atoms with Gasteiger partial charge in [0.05, 0.1) is 23.9 Å². The lowest BCUT2D eigenvalue weighted by atomic mass is 9.89. The smallest absolute Gasteiger partial charge is 0.137 e. The van der Waals surface area contributed by atoms with E-state index in [1.165, 1.54) is 36.0 Å². The molecule has 0 saturated heterocycles. The lowest BCUT2D eigenvalue weighted by Gasteiger charge is -2.16. The standard InChI is InChI=1S/C20H19N3/c1-14-9-11-23-18(8-10-21)20(22-19(23)12-14)17-7-6-15-4-2-3-5-16(15)13-17/h6-7,9,11-13H,2-5,8H2,1H3. The fraction of sp³-hybridized carbons (Fsp3) is 0.300. The Labute approximate surface area is 136 Å². The van der Waals surface area contributed by atoms with Gasteiger partial charge >= 0.3 is 0 Å². The molecule has 0 amide bonds. The van der Waals surface area contributed by atoms with Crippen molar-refractivity contribution in [1.29, 1.82) is 5.26 Å². The number of nitriles is 1. The Morgan fingerprint density at radius 3 is 2.78 bits per heavy atom. The number of imidazole rings is 1. The highest BCUT2D eigenvalue weighted by molar-refractivity contribution is 5.68. The van der Waals surface area contributed by atoms with Gasteiger partial charge in [-0.15, -0.1) is 0 Å². The van der Waals surface area contributed by atoms with Crippen LogP contribution >= 0.6 is 0 Å². The van der Waals surface area contributed by atoms with Crippen LogP contribution in [0.3, 0.4) is 0 Å². The summed E-state index contributed by atoms with van der Waals surface area (Å²) in [6.07, 6.45) is 7.29. The van der Waals surface area contributed by atoms with Crippen LogP contribution in [0, 0.1) is 18.3 Å². The van der Waals surface area contributed by atoms with E-state index in [0.29, 0.717) is 6.42 Å². The molecule has 1 aliphatic carbocycles. The molecular weight excluding hydrogens is 282 g/mol. The summed E-state index contributed by atoms with van der Waals surface area (Å²) < 4.78 is 2.05. The van der Waals surface area contributed by atoms with Crippen LogP contribution in [0.1, 0.15) is 35.2 Å². The Bertz CT molecular complexity index is 928. The van der Waals surface area contributed by atoms with E-state index in [4.69, 9.17) is 4.98 Å². The second kappa shape index (κ2) is 5.55. The highest BCUT2D eigenvalue weighted by Gasteiger charge is 2.16. The van der Waals surface area contributed by atoms with E-state index in [-0.39, 0.29) is 0 Å². The second-order valence-corrected chi connectivity index (χ2v) is 6.36. The van der Waals surface area contributed by atoms with Crippen molar-refractivity contribution in [3.63, 3.8) is 0 Å². The predicted molar refractivity (Wildman–Crippen MR) is 91.3 cm³/mol. The van der Waals surface area contributed by atoms with Crippen LogP contribution in [0.2, 0.25) is 0 Å². The van der Waals surface area contributed by atoms with Crippen molar-refractivity contribution in [3.8, 4) is 17.3 Å². The zero-order chi connectivity index (χ0) is 15.8. The molecule has 0 atom stereocenters. The summed E-state index contributed by atoms with van der Waals surface area (Å²) >= 11 is 0. The van der Waals surface area contributed by atoms with Crippen LogP contribution in [0.15, 0.2) is 36.5 Å². The normalized spacial score (nSPS) is 13.7. The maximum absolute atomic E-state index is 9.22. The van der Waals surface area contributed by atoms with Gasteiger partial charge in [-0.25, -0.2) is 4.98 Å². The van der Waals surface area contributed by atoms with Gasteiger partial charge in [-0.05, 0) is 67.5 Å². The first-order chi connectivity index (χ1) is 11.3. The molecule has 2 aromatic heterocycles. The number of aryl methyl sites for hydroxylation is 3. The molecule has 23 heavy (non-hydrogen) atoms. The number of benzene rings is 1. The fourth-order valence-corrected chi connectivity index (χ4v) is 3.55. The first-order valence-corrected chi connectivity index (χ1v) is 8.23. The maximum atomic E-state index is 9.22. The lowest BCUT2D eigenvalue weighted by molar-refractivity contribution is 0.686. The third-order valence-electron chi connectivity index (χ3n) is 4.75. The van der Waals surface area contributed by atoms with E-state index >= 15 is 0 Å². The summed E-state index contributed by atoms with van der Waals surface area (Å²) in [5, 5.41) is 9.22. The molecule has 0 bridgehead atoms. The van der Waals surface area contributed by atoms with Gasteiger partial charge in [0.25, 0.3) is 0 Å². The van der Waals surface area contributed by atoms with E-state index in [1.54, 1.807) is 0 Å². The SMILES string of the molecule is Cc1ccn2c(CC#N)c(-c3ccc4c(c3)CCCC4)nc2c1. The molecule has 0 radical (unpaired) electrons. The van der Waals surface area contributed by atoms with Gasteiger partial charge < -0.3 is 4.40 Å². The van der Waals surface area contributed by atoms with E-state index < -0.39 is 0 Å². The summed E-state index contributed by atoms with van der Waals surface area (Å²) in [4.78, 5) is 4.82. The van der Waals surface area contributed by atoms with Crippen molar-refractivity contribution >= 4 is 5.65 Å². The highest BCUT2D eigenvalue weighted by atomic mass is 15.0. The number of pyridine rings is 1. The number of nitrogens with zero attached hydrogens (tertiary/aromatic N) is 3. The van der Waals surface area contributed by atoms with Gasteiger partial charge in [-0.3, -0.25) is 0 Å². The Kier molecular flexibility index (Phi) is 3.38. The molecule has 4 rings (SSSR count). The Morgan fingerprint density at radius 1 is 1.13 bits per heavy atom. The molecular formula is C20H19N3. The van der Waals surface area contributed by atoms with Crippen LogP contribution in [0.4, 0.5) is 0 Å². The van der Waals surface area contributed by atoms with Crippen molar-refractivity contribution in [3.05, 3.63) is 58.9 Å². The maximum Gasteiger partial charge on any atom is 0.137 e. The Balaban J connectivity index is 1.91. The van der Waals surface area contributed by atoms with Gasteiger partial charge in [0, 0.05) is 11.8 Å². The van der Waals surface area contributed by atoms with Crippen LogP contribution in [0.25, 0.3) is 16.9 Å². The van der Waals surface area contributed by atoms with Crippen molar-refractivity contribution < 1.29 is 0 Å². The zero-order valence-corrected chi connectivity index (χ0v) is 13.3. The molecule has 3 heteroatoms. The molecule has 0 unspecified atom stereocenters. The molecule has 0 spiro atoms. The average Bonchev–Trinajstić information content (AvgIpc) is 2.92. The summed E-state index contributed by atoms with van der Waals surface area (Å²) in [7, 11) is 0. The number of fused-ring (bicyclic) bond motifs is 2. The fourth-order valence-electron chi connectivity index (χ4n) is 3.55. The monoisotopic (exact) mass is 301 g/mol. The second-order valence-electron chi connectivity index (χ2n) is 6.36. The minimum atomic E-state index is 0.372. The van der Waals surface area contributed by atoms with Crippen molar-refractivity contribution in [2.24, 2.45) is 0 Å². The molecule has 0 saturated carbocycles. The van der Waals surface area contributed by atoms with E-state index in [9.17, 15) is 5.26 Å². The molecule has 0 fully saturated rings. The van der Waals surface area contributed by atoms with E-state index in [1.807, 2.05) is 10.6 Å². The number of hydrogen-bond acceptors (Lipinski definition) is 2. The largest absolute Gasteiger partial charge is 0.302 e. The number of hydrogen-bond donors (Lipinski definition) is 0. The summed E-state index contributed by atoms with van der Waals surface area (Å²) in [5.74, 6) is 0. The quantitative estimate of drug-likeness (QED) is 0.710. The molecule has 0 aliphatic heterocycles. The van der Waals surface area contributed by atoms with Crippen LogP contribution in [0.5, 0.6) is 0 Å². The first kappa shape index (κ1) is 14.0. The number of aromatic nitrogens is 2. The minimum absolute atomic E-state index is 0.372. The average molecular weight is 301 g/mol. The van der Waals surface area contributed by atoms with Gasteiger partial charge in [0.2, 0.25) is 0 Å². The number of rotatable bonds is 2. The zero-order valence-electron chi connectivity index (χ0n) is 13.3. The van der Waals surface area contributed by atoms with Crippen molar-refractivity contribution in [2.75, 3.05) is 0 Å². The Morgan fingerprint density at radius 2 is 1.96 bits per heavy atom. The summed E-state index contributed by atoms with van der Waals surface area (Å²) in [6.45, 7) is 2.07. The van der Waals surface area contributed by atoms with E-state index in [2.05, 4.69) is 43.3 Å². The molecule has 0 N–H and O–H groups in total. The summed E-state index contributed by atoms with van der Waals surface area (Å²) in [5.41, 5.74) is 8.10. The molecule has 114 valence electrons. The molecule has 3 aromatic rings. The molecule has 3 nitrogen and oxygen atoms in total. The molecule has 1 aliphatic rings. The van der Waals surface area contributed by atoms with E-state index in [0.717, 1.165) is 29.0 Å².